The van der Waals surface area contributed by atoms with Gasteiger partial charge in [-0.1, -0.05) is 24.3 Å². The van der Waals surface area contributed by atoms with E-state index >= 15 is 0 Å². The van der Waals surface area contributed by atoms with Crippen molar-refractivity contribution in [3.63, 3.8) is 0 Å². The van der Waals surface area contributed by atoms with Gasteiger partial charge < -0.3 is 10.2 Å². The summed E-state index contributed by atoms with van der Waals surface area (Å²) in [5.41, 5.74) is -0.0715. The molecule has 3 aromatic carbocycles. The van der Waals surface area contributed by atoms with E-state index in [1.807, 2.05) is 36.4 Å². The zero-order valence-electron chi connectivity index (χ0n) is 9.42. The van der Waals surface area contributed by atoms with Crippen LogP contribution >= 0.6 is 0 Å². The third kappa shape index (κ3) is 1.57. The number of aromatic carboxylic acids is 1. The molecule has 18 heavy (non-hydrogen) atoms. The molecule has 0 saturated heterocycles. The van der Waals surface area contributed by atoms with Crippen molar-refractivity contribution in [1.82, 2.24) is 0 Å². The minimum Gasteiger partial charge on any atom is -0.507 e. The Labute approximate surface area is 103 Å². The lowest BCUT2D eigenvalue weighted by Gasteiger charge is -2.05. The Morgan fingerprint density at radius 3 is 1.94 bits per heavy atom. The zero-order valence-corrected chi connectivity index (χ0v) is 9.42. The second kappa shape index (κ2) is 3.74. The van der Waals surface area contributed by atoms with Gasteiger partial charge in [-0.3, -0.25) is 0 Å². The number of hydrogen-bond acceptors (Lipinski definition) is 2. The molecule has 0 spiro atoms. The van der Waals surface area contributed by atoms with Gasteiger partial charge in [-0.25, -0.2) is 4.79 Å². The maximum absolute atomic E-state index is 11.0. The zero-order chi connectivity index (χ0) is 12.7. The third-order valence-corrected chi connectivity index (χ3v) is 3.05. The molecule has 2 N–H and O–H groups in total. The van der Waals surface area contributed by atoms with Gasteiger partial charge in [-0.15, -0.1) is 0 Å². The van der Waals surface area contributed by atoms with E-state index in [9.17, 15) is 9.90 Å². The minimum absolute atomic E-state index is 0.0715. The molecule has 3 rings (SSSR count). The van der Waals surface area contributed by atoms with Crippen molar-refractivity contribution in [1.29, 1.82) is 0 Å². The lowest BCUT2D eigenvalue weighted by atomic mass is 10.0. The highest BCUT2D eigenvalue weighted by Crippen LogP contribution is 2.28. The molecular formula is C15H10O3. The minimum atomic E-state index is -1.12. The summed E-state index contributed by atoms with van der Waals surface area (Å²) >= 11 is 0. The first-order valence-corrected chi connectivity index (χ1v) is 5.54. The average Bonchev–Trinajstić information content (AvgIpc) is 2.35. The molecule has 0 saturated carbocycles. The first-order valence-electron chi connectivity index (χ1n) is 5.54. The van der Waals surface area contributed by atoms with Crippen LogP contribution < -0.4 is 0 Å². The first kappa shape index (κ1) is 10.6. The van der Waals surface area contributed by atoms with E-state index in [1.165, 1.54) is 12.1 Å². The van der Waals surface area contributed by atoms with Gasteiger partial charge in [-0.2, -0.15) is 0 Å². The normalized spacial score (nSPS) is 10.9. The number of phenols is 1. The molecule has 0 unspecified atom stereocenters. The highest BCUT2D eigenvalue weighted by atomic mass is 16.4. The Hall–Kier alpha value is -2.55. The van der Waals surface area contributed by atoms with Gasteiger partial charge in [-0.05, 0) is 45.8 Å². The van der Waals surface area contributed by atoms with E-state index < -0.39 is 5.97 Å². The topological polar surface area (TPSA) is 57.5 Å². The molecule has 88 valence electrons. The first-order chi connectivity index (χ1) is 8.65. The molecule has 0 atom stereocenters. The van der Waals surface area contributed by atoms with Gasteiger partial charge in [0.2, 0.25) is 0 Å². The van der Waals surface area contributed by atoms with E-state index in [4.69, 9.17) is 5.11 Å². The second-order valence-electron chi connectivity index (χ2n) is 4.22. The largest absolute Gasteiger partial charge is 0.507 e. The smallest absolute Gasteiger partial charge is 0.339 e. The molecule has 0 radical (unpaired) electrons. The molecule has 3 aromatic rings. The molecule has 3 heteroatoms. The fourth-order valence-corrected chi connectivity index (χ4v) is 2.15. The number of carbonyl (C=O) groups is 1. The third-order valence-electron chi connectivity index (χ3n) is 3.05. The molecule has 0 fully saturated rings. The van der Waals surface area contributed by atoms with Crippen LogP contribution in [0.25, 0.3) is 21.5 Å². The van der Waals surface area contributed by atoms with Gasteiger partial charge in [0.1, 0.15) is 11.3 Å². The Kier molecular flexibility index (Phi) is 2.20. The van der Waals surface area contributed by atoms with Gasteiger partial charge in [0.25, 0.3) is 0 Å². The highest BCUT2D eigenvalue weighted by Gasteiger charge is 2.11. The molecule has 0 aliphatic rings. The number of hydrogen-bond donors (Lipinski definition) is 2. The van der Waals surface area contributed by atoms with Crippen molar-refractivity contribution < 1.29 is 15.0 Å². The summed E-state index contributed by atoms with van der Waals surface area (Å²) in [5, 5.41) is 22.4. The van der Waals surface area contributed by atoms with Crippen LogP contribution in [0.4, 0.5) is 0 Å². The van der Waals surface area contributed by atoms with Crippen LogP contribution in [-0.4, -0.2) is 16.2 Å². The molecule has 0 aromatic heterocycles. The Bertz CT molecular complexity index is 775. The maximum Gasteiger partial charge on any atom is 0.339 e. The number of aromatic hydroxyl groups is 1. The van der Waals surface area contributed by atoms with Crippen molar-refractivity contribution >= 4 is 27.5 Å². The molecule has 0 amide bonds. The molecule has 0 aliphatic heterocycles. The number of rotatable bonds is 1. The monoisotopic (exact) mass is 238 g/mol. The fraction of sp³-hybridized carbons (Fsp3) is 0. The van der Waals surface area contributed by atoms with E-state index in [0.29, 0.717) is 0 Å². The fourth-order valence-electron chi connectivity index (χ4n) is 2.15. The summed E-state index contributed by atoms with van der Waals surface area (Å²) in [7, 11) is 0. The van der Waals surface area contributed by atoms with Gasteiger partial charge >= 0.3 is 5.97 Å². The molecule has 0 heterocycles. The Morgan fingerprint density at radius 1 is 0.833 bits per heavy atom. The summed E-state index contributed by atoms with van der Waals surface area (Å²) in [6.45, 7) is 0. The Morgan fingerprint density at radius 2 is 1.39 bits per heavy atom. The standard InChI is InChI=1S/C15H10O3/c16-14-8-12-6-10-4-2-1-3-9(10)5-11(12)7-13(14)15(17)18/h1-8,16H,(H,17,18). The van der Waals surface area contributed by atoms with Gasteiger partial charge in [0.15, 0.2) is 0 Å². The molecule has 0 bridgehead atoms. The van der Waals surface area contributed by atoms with Crippen molar-refractivity contribution in [3.05, 3.63) is 54.1 Å². The summed E-state index contributed by atoms with van der Waals surface area (Å²) in [6.07, 6.45) is 0. The lowest BCUT2D eigenvalue weighted by Crippen LogP contribution is -1.96. The van der Waals surface area contributed by atoms with E-state index in [2.05, 4.69) is 0 Å². The Balaban J connectivity index is 2.40. The van der Waals surface area contributed by atoms with Gasteiger partial charge in [0, 0.05) is 0 Å². The van der Waals surface area contributed by atoms with Crippen molar-refractivity contribution in [2.24, 2.45) is 0 Å². The highest BCUT2D eigenvalue weighted by molar-refractivity contribution is 6.03. The average molecular weight is 238 g/mol. The quantitative estimate of drug-likeness (QED) is 0.639. The predicted octanol–water partition coefficient (Wildman–Crippen LogP) is 3.40. The van der Waals surface area contributed by atoms with Crippen molar-refractivity contribution in [2.45, 2.75) is 0 Å². The summed E-state index contributed by atoms with van der Waals surface area (Å²) in [4.78, 5) is 11.0. The number of carboxylic acid groups (broad SMARTS) is 1. The summed E-state index contributed by atoms with van der Waals surface area (Å²) in [5.74, 6) is -1.33. The predicted molar refractivity (Wildman–Crippen MR) is 70.1 cm³/mol. The van der Waals surface area contributed by atoms with Crippen LogP contribution in [-0.2, 0) is 0 Å². The van der Waals surface area contributed by atoms with Crippen LogP contribution in [0.15, 0.2) is 48.5 Å². The number of carboxylic acids is 1. The summed E-state index contributed by atoms with van der Waals surface area (Å²) < 4.78 is 0. The maximum atomic E-state index is 11.0. The van der Waals surface area contributed by atoms with E-state index in [0.717, 1.165) is 21.5 Å². The van der Waals surface area contributed by atoms with Gasteiger partial charge in [0.05, 0.1) is 0 Å². The van der Waals surface area contributed by atoms with Crippen molar-refractivity contribution in [3.8, 4) is 5.75 Å². The van der Waals surface area contributed by atoms with E-state index in [1.54, 1.807) is 0 Å². The number of fused-ring (bicyclic) bond motifs is 2. The second-order valence-corrected chi connectivity index (χ2v) is 4.22. The van der Waals surface area contributed by atoms with Crippen LogP contribution in [0.1, 0.15) is 10.4 Å². The molecule has 3 nitrogen and oxygen atoms in total. The SMILES string of the molecule is O=C(O)c1cc2cc3ccccc3cc2cc1O. The van der Waals surface area contributed by atoms with Crippen LogP contribution in [0.5, 0.6) is 5.75 Å². The summed E-state index contributed by atoms with van der Waals surface area (Å²) in [6, 6.07) is 14.7. The number of benzene rings is 3. The van der Waals surface area contributed by atoms with E-state index in [-0.39, 0.29) is 11.3 Å². The lowest BCUT2D eigenvalue weighted by molar-refractivity contribution is 0.0694. The molecule has 0 aliphatic carbocycles. The molecular weight excluding hydrogens is 228 g/mol. The van der Waals surface area contributed by atoms with Crippen LogP contribution in [0.3, 0.4) is 0 Å². The van der Waals surface area contributed by atoms with Crippen molar-refractivity contribution in [2.75, 3.05) is 0 Å². The van der Waals surface area contributed by atoms with Crippen LogP contribution in [0, 0.1) is 0 Å². The van der Waals surface area contributed by atoms with Crippen LogP contribution in [0.2, 0.25) is 0 Å².